The maximum absolute atomic E-state index is 4.65. The van der Waals surface area contributed by atoms with Crippen molar-refractivity contribution in [3.8, 4) is 0 Å². The predicted molar refractivity (Wildman–Crippen MR) is 86.2 cm³/mol. The Kier molecular flexibility index (Phi) is 5.41. The highest BCUT2D eigenvalue weighted by Crippen LogP contribution is 2.29. The summed E-state index contributed by atoms with van der Waals surface area (Å²) in [6.07, 6.45) is 7.33. The molecule has 0 bridgehead atoms. The normalized spacial score (nSPS) is 17.6. The van der Waals surface area contributed by atoms with Crippen LogP contribution in [0.5, 0.6) is 0 Å². The lowest BCUT2D eigenvalue weighted by Crippen LogP contribution is -2.37. The number of pyridine rings is 1. The van der Waals surface area contributed by atoms with E-state index < -0.39 is 0 Å². The third kappa shape index (κ3) is 3.72. The number of anilines is 1. The van der Waals surface area contributed by atoms with Crippen LogP contribution in [0.4, 0.5) is 5.82 Å². The molecule has 1 aliphatic rings. The molecular weight excluding hydrogens is 246 g/mol. The molecule has 1 aliphatic carbocycles. The van der Waals surface area contributed by atoms with Gasteiger partial charge in [-0.15, -0.1) is 0 Å². The van der Waals surface area contributed by atoms with Gasteiger partial charge >= 0.3 is 0 Å². The molecule has 112 valence electrons. The SMILES string of the molecule is CNC(C)c1ccnc(N(CC(C)C)C2CCCC2)c1. The van der Waals surface area contributed by atoms with Crippen LogP contribution < -0.4 is 10.2 Å². The van der Waals surface area contributed by atoms with Crippen molar-refractivity contribution < 1.29 is 0 Å². The fraction of sp³-hybridized carbons (Fsp3) is 0.706. The summed E-state index contributed by atoms with van der Waals surface area (Å²) in [5.74, 6) is 1.83. The molecule has 2 rings (SSSR count). The van der Waals surface area contributed by atoms with Gasteiger partial charge in [0.15, 0.2) is 0 Å². The molecule has 0 aromatic carbocycles. The number of nitrogens with one attached hydrogen (secondary N) is 1. The Balaban J connectivity index is 2.23. The lowest BCUT2D eigenvalue weighted by atomic mass is 10.1. The standard InChI is InChI=1S/C17H29N3/c1-13(2)12-20(16-7-5-6-8-16)17-11-15(9-10-19-17)14(3)18-4/h9-11,13-14,16,18H,5-8,12H2,1-4H3. The van der Waals surface area contributed by atoms with Crippen molar-refractivity contribution >= 4 is 5.82 Å². The van der Waals surface area contributed by atoms with Gasteiger partial charge in [-0.25, -0.2) is 4.98 Å². The van der Waals surface area contributed by atoms with Crippen LogP contribution in [0.1, 0.15) is 58.1 Å². The van der Waals surface area contributed by atoms with E-state index in [0.717, 1.165) is 12.4 Å². The molecule has 1 aromatic rings. The van der Waals surface area contributed by atoms with Crippen LogP contribution >= 0.6 is 0 Å². The van der Waals surface area contributed by atoms with E-state index in [1.54, 1.807) is 0 Å². The van der Waals surface area contributed by atoms with Crippen LogP contribution in [0.15, 0.2) is 18.3 Å². The minimum atomic E-state index is 0.376. The Morgan fingerprint density at radius 2 is 2.00 bits per heavy atom. The molecule has 1 aromatic heterocycles. The quantitative estimate of drug-likeness (QED) is 0.856. The second-order valence-electron chi connectivity index (χ2n) is 6.44. The molecule has 1 heterocycles. The number of nitrogens with zero attached hydrogens (tertiary/aromatic N) is 2. The van der Waals surface area contributed by atoms with Crippen molar-refractivity contribution in [2.24, 2.45) is 5.92 Å². The lowest BCUT2D eigenvalue weighted by Gasteiger charge is -2.32. The summed E-state index contributed by atoms with van der Waals surface area (Å²) in [4.78, 5) is 7.20. The van der Waals surface area contributed by atoms with Gasteiger partial charge in [-0.3, -0.25) is 0 Å². The van der Waals surface area contributed by atoms with Crippen LogP contribution in [-0.4, -0.2) is 24.6 Å². The first-order chi connectivity index (χ1) is 9.61. The topological polar surface area (TPSA) is 28.2 Å². The molecule has 1 saturated carbocycles. The fourth-order valence-corrected chi connectivity index (χ4v) is 3.07. The van der Waals surface area contributed by atoms with E-state index >= 15 is 0 Å². The molecule has 1 fully saturated rings. The number of aromatic nitrogens is 1. The Labute approximate surface area is 123 Å². The highest BCUT2D eigenvalue weighted by atomic mass is 15.2. The zero-order valence-corrected chi connectivity index (χ0v) is 13.4. The van der Waals surface area contributed by atoms with Gasteiger partial charge in [-0.05, 0) is 50.4 Å². The molecule has 3 heteroatoms. The smallest absolute Gasteiger partial charge is 0.129 e. The summed E-state index contributed by atoms with van der Waals surface area (Å²) in [7, 11) is 2.01. The van der Waals surface area contributed by atoms with Crippen LogP contribution in [-0.2, 0) is 0 Å². The van der Waals surface area contributed by atoms with E-state index in [1.165, 1.54) is 31.2 Å². The van der Waals surface area contributed by atoms with Gasteiger partial charge < -0.3 is 10.2 Å². The van der Waals surface area contributed by atoms with Gasteiger partial charge in [-0.1, -0.05) is 26.7 Å². The van der Waals surface area contributed by atoms with Gasteiger partial charge in [0, 0.05) is 24.8 Å². The third-order valence-electron chi connectivity index (χ3n) is 4.32. The van der Waals surface area contributed by atoms with Gasteiger partial charge in [0.05, 0.1) is 0 Å². The van der Waals surface area contributed by atoms with Crippen molar-refractivity contribution in [2.45, 2.75) is 58.5 Å². The molecule has 0 saturated heterocycles. The Morgan fingerprint density at radius 1 is 1.30 bits per heavy atom. The minimum absolute atomic E-state index is 0.376. The van der Waals surface area contributed by atoms with E-state index in [-0.39, 0.29) is 0 Å². The van der Waals surface area contributed by atoms with Crippen molar-refractivity contribution in [3.05, 3.63) is 23.9 Å². The van der Waals surface area contributed by atoms with Gasteiger partial charge in [0.1, 0.15) is 5.82 Å². The maximum atomic E-state index is 4.65. The Hall–Kier alpha value is -1.09. The van der Waals surface area contributed by atoms with E-state index in [4.69, 9.17) is 0 Å². The molecule has 0 amide bonds. The highest BCUT2D eigenvalue weighted by Gasteiger charge is 2.24. The first kappa shape index (κ1) is 15.3. The van der Waals surface area contributed by atoms with Gasteiger partial charge in [0.25, 0.3) is 0 Å². The van der Waals surface area contributed by atoms with Gasteiger partial charge in [-0.2, -0.15) is 0 Å². The van der Waals surface area contributed by atoms with E-state index in [1.807, 2.05) is 13.2 Å². The third-order valence-corrected chi connectivity index (χ3v) is 4.32. The van der Waals surface area contributed by atoms with E-state index in [9.17, 15) is 0 Å². The summed E-state index contributed by atoms with van der Waals surface area (Å²) in [6, 6.07) is 5.45. The van der Waals surface area contributed by atoms with Crippen molar-refractivity contribution in [1.82, 2.24) is 10.3 Å². The Morgan fingerprint density at radius 3 is 2.60 bits per heavy atom. The molecule has 0 spiro atoms. The van der Waals surface area contributed by atoms with Gasteiger partial charge in [0.2, 0.25) is 0 Å². The molecule has 20 heavy (non-hydrogen) atoms. The average molecular weight is 275 g/mol. The second kappa shape index (κ2) is 7.07. The molecule has 1 N–H and O–H groups in total. The van der Waals surface area contributed by atoms with Crippen LogP contribution in [0.2, 0.25) is 0 Å². The summed E-state index contributed by atoms with van der Waals surface area (Å²) in [5, 5.41) is 3.31. The first-order valence-electron chi connectivity index (χ1n) is 8.01. The zero-order chi connectivity index (χ0) is 14.5. The largest absolute Gasteiger partial charge is 0.353 e. The van der Waals surface area contributed by atoms with Crippen LogP contribution in [0.25, 0.3) is 0 Å². The maximum Gasteiger partial charge on any atom is 0.129 e. The first-order valence-corrected chi connectivity index (χ1v) is 8.01. The summed E-state index contributed by atoms with van der Waals surface area (Å²) >= 11 is 0. The summed E-state index contributed by atoms with van der Waals surface area (Å²) in [6.45, 7) is 7.89. The average Bonchev–Trinajstić information content (AvgIpc) is 2.97. The lowest BCUT2D eigenvalue weighted by molar-refractivity contribution is 0.530. The number of hydrogen-bond acceptors (Lipinski definition) is 3. The van der Waals surface area contributed by atoms with Crippen LogP contribution in [0, 0.1) is 5.92 Å². The Bertz CT molecular complexity index is 410. The number of hydrogen-bond donors (Lipinski definition) is 1. The van der Waals surface area contributed by atoms with E-state index in [0.29, 0.717) is 18.0 Å². The molecule has 1 unspecified atom stereocenters. The molecule has 3 nitrogen and oxygen atoms in total. The number of rotatable bonds is 6. The fourth-order valence-electron chi connectivity index (χ4n) is 3.07. The molecular formula is C17H29N3. The molecule has 1 atom stereocenters. The van der Waals surface area contributed by atoms with Crippen LogP contribution in [0.3, 0.4) is 0 Å². The van der Waals surface area contributed by atoms with E-state index in [2.05, 4.69) is 48.1 Å². The zero-order valence-electron chi connectivity index (χ0n) is 13.4. The van der Waals surface area contributed by atoms with Crippen molar-refractivity contribution in [3.63, 3.8) is 0 Å². The summed E-state index contributed by atoms with van der Waals surface area (Å²) < 4.78 is 0. The highest BCUT2D eigenvalue weighted by molar-refractivity contribution is 5.43. The molecule has 0 aliphatic heterocycles. The van der Waals surface area contributed by atoms with Crippen molar-refractivity contribution in [2.75, 3.05) is 18.5 Å². The summed E-state index contributed by atoms with van der Waals surface area (Å²) in [5.41, 5.74) is 1.32. The molecule has 0 radical (unpaired) electrons. The minimum Gasteiger partial charge on any atom is -0.353 e. The predicted octanol–water partition coefficient (Wildman–Crippen LogP) is 3.77. The van der Waals surface area contributed by atoms with Crippen molar-refractivity contribution in [1.29, 1.82) is 0 Å². The second-order valence-corrected chi connectivity index (χ2v) is 6.44. The monoisotopic (exact) mass is 275 g/mol.